The van der Waals surface area contributed by atoms with Gasteiger partial charge in [0, 0.05) is 12.7 Å². The number of fused-ring (bicyclic) bond motifs is 1. The predicted octanol–water partition coefficient (Wildman–Crippen LogP) is 3.80. The van der Waals surface area contributed by atoms with Gasteiger partial charge in [-0.2, -0.15) is 0 Å². The van der Waals surface area contributed by atoms with E-state index in [0.717, 1.165) is 19.6 Å². The standard InChI is InChI=1S/C27H32N4O4/c1-5-29(6-2)14-10-16-31-24(19-11-9-12-20(17-19)35-4)22(26(33)27(31)34)25(32)23-18(3)28-21-13-7-8-15-30(21)23/h7-9,11-13,15,17,24,32H,5-6,10,14,16H2,1-4H3/t24-/m0/s1. The topological polar surface area (TPSA) is 87.4 Å². The van der Waals surface area contributed by atoms with Crippen molar-refractivity contribution in [2.24, 2.45) is 0 Å². The highest BCUT2D eigenvalue weighted by molar-refractivity contribution is 6.46. The van der Waals surface area contributed by atoms with Crippen molar-refractivity contribution in [1.29, 1.82) is 0 Å². The Hall–Kier alpha value is -3.65. The first-order valence-electron chi connectivity index (χ1n) is 12.0. The molecule has 184 valence electrons. The molecule has 1 aliphatic rings. The number of rotatable bonds is 9. The molecule has 1 saturated heterocycles. The molecule has 1 amide bonds. The third kappa shape index (κ3) is 4.53. The fraction of sp³-hybridized carbons (Fsp3) is 0.370. The summed E-state index contributed by atoms with van der Waals surface area (Å²) < 4.78 is 7.14. The van der Waals surface area contributed by atoms with Crippen molar-refractivity contribution in [3.63, 3.8) is 0 Å². The molecule has 2 aromatic heterocycles. The van der Waals surface area contributed by atoms with Crippen LogP contribution in [0.4, 0.5) is 0 Å². The largest absolute Gasteiger partial charge is 0.505 e. The monoisotopic (exact) mass is 476 g/mol. The molecule has 1 atom stereocenters. The Morgan fingerprint density at radius 3 is 2.63 bits per heavy atom. The van der Waals surface area contributed by atoms with Crippen LogP contribution in [0.2, 0.25) is 0 Å². The first-order valence-corrected chi connectivity index (χ1v) is 12.0. The summed E-state index contributed by atoms with van der Waals surface area (Å²) in [5.41, 5.74) is 2.41. The van der Waals surface area contributed by atoms with Crippen LogP contribution >= 0.6 is 0 Å². The number of hydrogen-bond donors (Lipinski definition) is 1. The van der Waals surface area contributed by atoms with Crippen molar-refractivity contribution in [1.82, 2.24) is 19.2 Å². The molecule has 1 fully saturated rings. The number of amides is 1. The first-order chi connectivity index (χ1) is 16.9. The summed E-state index contributed by atoms with van der Waals surface area (Å²) >= 11 is 0. The number of methoxy groups -OCH3 is 1. The smallest absolute Gasteiger partial charge is 0.295 e. The number of pyridine rings is 1. The summed E-state index contributed by atoms with van der Waals surface area (Å²) in [5, 5.41) is 11.5. The highest BCUT2D eigenvalue weighted by Crippen LogP contribution is 2.40. The van der Waals surface area contributed by atoms with Crippen LogP contribution in [0.15, 0.2) is 54.2 Å². The van der Waals surface area contributed by atoms with Gasteiger partial charge in [0.2, 0.25) is 0 Å². The number of benzene rings is 1. The third-order valence-corrected chi connectivity index (χ3v) is 6.65. The van der Waals surface area contributed by atoms with Crippen LogP contribution in [0, 0.1) is 6.92 Å². The van der Waals surface area contributed by atoms with E-state index >= 15 is 0 Å². The van der Waals surface area contributed by atoms with Crippen LogP contribution in [0.3, 0.4) is 0 Å². The molecule has 3 aromatic rings. The van der Waals surface area contributed by atoms with E-state index in [1.54, 1.807) is 29.5 Å². The zero-order valence-electron chi connectivity index (χ0n) is 20.7. The summed E-state index contributed by atoms with van der Waals surface area (Å²) in [6.45, 7) is 9.03. The Morgan fingerprint density at radius 1 is 1.14 bits per heavy atom. The van der Waals surface area contributed by atoms with Gasteiger partial charge in [0.15, 0.2) is 5.76 Å². The van der Waals surface area contributed by atoms with Crippen molar-refractivity contribution in [2.75, 3.05) is 33.3 Å². The Balaban J connectivity index is 1.83. The molecule has 0 bridgehead atoms. The Morgan fingerprint density at radius 2 is 1.91 bits per heavy atom. The van der Waals surface area contributed by atoms with Crippen LogP contribution < -0.4 is 4.74 Å². The number of likely N-dealkylation sites (tertiary alicyclic amines) is 1. The molecule has 1 aliphatic heterocycles. The van der Waals surface area contributed by atoms with E-state index < -0.39 is 17.7 Å². The Kier molecular flexibility index (Phi) is 7.21. The second-order valence-electron chi connectivity index (χ2n) is 8.62. The van der Waals surface area contributed by atoms with Gasteiger partial charge in [-0.25, -0.2) is 4.98 Å². The summed E-state index contributed by atoms with van der Waals surface area (Å²) in [7, 11) is 1.57. The average molecular weight is 477 g/mol. The lowest BCUT2D eigenvalue weighted by molar-refractivity contribution is -0.140. The van der Waals surface area contributed by atoms with Gasteiger partial charge >= 0.3 is 0 Å². The van der Waals surface area contributed by atoms with E-state index in [1.165, 1.54) is 0 Å². The van der Waals surface area contributed by atoms with Crippen LogP contribution in [0.5, 0.6) is 5.75 Å². The summed E-state index contributed by atoms with van der Waals surface area (Å²) in [6.07, 6.45) is 2.49. The maximum Gasteiger partial charge on any atom is 0.295 e. The van der Waals surface area contributed by atoms with Crippen molar-refractivity contribution in [3.8, 4) is 5.75 Å². The van der Waals surface area contributed by atoms with E-state index in [1.807, 2.05) is 42.5 Å². The normalized spacial score (nSPS) is 17.6. The lowest BCUT2D eigenvalue weighted by atomic mass is 9.96. The summed E-state index contributed by atoms with van der Waals surface area (Å²) in [6, 6.07) is 12.1. The second kappa shape index (κ2) is 10.3. The molecule has 8 heteroatoms. The number of carbonyl (C=O) groups excluding carboxylic acids is 2. The number of carbonyl (C=O) groups is 2. The Labute approximate surface area is 205 Å². The van der Waals surface area contributed by atoms with Crippen LogP contribution in [-0.4, -0.2) is 69.3 Å². The fourth-order valence-electron chi connectivity index (χ4n) is 4.80. The zero-order chi connectivity index (χ0) is 25.1. The van der Waals surface area contributed by atoms with E-state index in [9.17, 15) is 14.7 Å². The highest BCUT2D eigenvalue weighted by atomic mass is 16.5. The number of ether oxygens (including phenoxy) is 1. The van der Waals surface area contributed by atoms with Crippen LogP contribution in [0.1, 0.15) is 43.3 Å². The van der Waals surface area contributed by atoms with Crippen LogP contribution in [-0.2, 0) is 9.59 Å². The van der Waals surface area contributed by atoms with Gasteiger partial charge < -0.3 is 19.6 Å². The number of imidazole rings is 1. The number of aromatic nitrogens is 2. The third-order valence-electron chi connectivity index (χ3n) is 6.65. The van der Waals surface area contributed by atoms with E-state index in [4.69, 9.17) is 4.74 Å². The summed E-state index contributed by atoms with van der Waals surface area (Å²) in [4.78, 5) is 35.0. The lowest BCUT2D eigenvalue weighted by Gasteiger charge is -2.27. The second-order valence-corrected chi connectivity index (χ2v) is 8.62. The van der Waals surface area contributed by atoms with E-state index in [-0.39, 0.29) is 11.3 Å². The molecule has 1 N–H and O–H groups in total. The molecule has 0 unspecified atom stereocenters. The molecular weight excluding hydrogens is 444 g/mol. The molecule has 1 aromatic carbocycles. The van der Waals surface area contributed by atoms with Gasteiger partial charge in [-0.3, -0.25) is 14.0 Å². The first kappa shape index (κ1) is 24.5. The summed E-state index contributed by atoms with van der Waals surface area (Å²) in [5.74, 6) is -0.908. The molecule has 0 saturated carbocycles. The number of hydrogen-bond acceptors (Lipinski definition) is 6. The molecule has 3 heterocycles. The van der Waals surface area contributed by atoms with E-state index in [2.05, 4.69) is 23.7 Å². The van der Waals surface area contributed by atoms with Gasteiger partial charge in [-0.15, -0.1) is 0 Å². The van der Waals surface area contributed by atoms with Crippen molar-refractivity contribution >= 4 is 23.1 Å². The van der Waals surface area contributed by atoms with Crippen LogP contribution in [0.25, 0.3) is 11.4 Å². The number of aliphatic hydroxyl groups is 1. The molecule has 0 aliphatic carbocycles. The molecule has 35 heavy (non-hydrogen) atoms. The maximum absolute atomic E-state index is 13.4. The fourth-order valence-corrected chi connectivity index (χ4v) is 4.80. The van der Waals surface area contributed by atoms with Gasteiger partial charge in [0.1, 0.15) is 17.1 Å². The lowest BCUT2D eigenvalue weighted by Crippen LogP contribution is -2.33. The molecule has 4 rings (SSSR count). The number of nitrogens with zero attached hydrogens (tertiary/aromatic N) is 4. The minimum Gasteiger partial charge on any atom is -0.505 e. The molecule has 8 nitrogen and oxygen atoms in total. The maximum atomic E-state index is 13.4. The molecular formula is C27H32N4O4. The predicted molar refractivity (Wildman–Crippen MR) is 134 cm³/mol. The minimum absolute atomic E-state index is 0.0693. The highest BCUT2D eigenvalue weighted by Gasteiger charge is 2.46. The van der Waals surface area contributed by atoms with Gasteiger partial charge in [-0.05, 0) is 62.8 Å². The number of ketones is 1. The SMILES string of the molecule is CCN(CC)CCCN1C(=O)C(=O)C(=C(O)c2c(C)nc3ccccn23)[C@@H]1c1cccc(OC)c1. The van der Waals surface area contributed by atoms with E-state index in [0.29, 0.717) is 41.3 Å². The average Bonchev–Trinajstić information content (AvgIpc) is 3.34. The van der Waals surface area contributed by atoms with Crippen molar-refractivity contribution in [3.05, 3.63) is 71.2 Å². The molecule has 0 spiro atoms. The number of aliphatic hydroxyl groups excluding tert-OH is 1. The van der Waals surface area contributed by atoms with Gasteiger partial charge in [0.05, 0.1) is 24.4 Å². The quantitative estimate of drug-likeness (QED) is 0.287. The number of Topliss-reactive ketones (excluding diaryl/α,β-unsaturated/α-hetero) is 1. The minimum atomic E-state index is -0.726. The zero-order valence-corrected chi connectivity index (χ0v) is 20.7. The van der Waals surface area contributed by atoms with Crippen molar-refractivity contribution in [2.45, 2.75) is 33.2 Å². The number of aryl methyl sites for hydroxylation is 1. The molecule has 0 radical (unpaired) electrons. The van der Waals surface area contributed by atoms with Gasteiger partial charge in [-0.1, -0.05) is 32.0 Å². The Bertz CT molecular complexity index is 1280. The van der Waals surface area contributed by atoms with Crippen molar-refractivity contribution < 1.29 is 19.4 Å². The van der Waals surface area contributed by atoms with Gasteiger partial charge in [0.25, 0.3) is 11.7 Å².